The number of carbonyl (C=O) groups is 1. The maximum Gasteiger partial charge on any atom is 0.423 e. The Kier molecular flexibility index (Phi) is 3.96. The molecular formula is C11H14INO2. The SMILES string of the molecule is CC(C)(C)OC(=O)N(I)c1ccccc1. The van der Waals surface area contributed by atoms with Crippen molar-refractivity contribution in [1.29, 1.82) is 0 Å². The van der Waals surface area contributed by atoms with Gasteiger partial charge >= 0.3 is 6.09 Å². The van der Waals surface area contributed by atoms with E-state index in [-0.39, 0.29) is 6.09 Å². The van der Waals surface area contributed by atoms with Crippen LogP contribution < -0.4 is 3.11 Å². The smallest absolute Gasteiger partial charge is 0.423 e. The van der Waals surface area contributed by atoms with E-state index in [9.17, 15) is 4.79 Å². The number of rotatable bonds is 1. The lowest BCUT2D eigenvalue weighted by Gasteiger charge is -2.23. The molecule has 82 valence electrons. The van der Waals surface area contributed by atoms with Crippen molar-refractivity contribution in [1.82, 2.24) is 0 Å². The summed E-state index contributed by atoms with van der Waals surface area (Å²) in [7, 11) is 0. The monoisotopic (exact) mass is 319 g/mol. The maximum absolute atomic E-state index is 11.7. The predicted molar refractivity (Wildman–Crippen MR) is 69.2 cm³/mol. The lowest BCUT2D eigenvalue weighted by Crippen LogP contribution is -2.30. The van der Waals surface area contributed by atoms with Crippen LogP contribution in [0.5, 0.6) is 0 Å². The van der Waals surface area contributed by atoms with Gasteiger partial charge in [-0.2, -0.15) is 0 Å². The van der Waals surface area contributed by atoms with Crippen molar-refractivity contribution in [2.24, 2.45) is 0 Å². The average Bonchev–Trinajstić information content (AvgIpc) is 2.15. The van der Waals surface area contributed by atoms with E-state index in [1.165, 1.54) is 3.11 Å². The molecule has 0 aromatic heterocycles. The third kappa shape index (κ3) is 4.07. The van der Waals surface area contributed by atoms with Crippen molar-refractivity contribution in [2.75, 3.05) is 3.11 Å². The van der Waals surface area contributed by atoms with Crippen LogP contribution in [-0.4, -0.2) is 11.7 Å². The second-order valence-electron chi connectivity index (χ2n) is 4.10. The van der Waals surface area contributed by atoms with E-state index >= 15 is 0 Å². The summed E-state index contributed by atoms with van der Waals surface area (Å²) in [6.07, 6.45) is -0.352. The highest BCUT2D eigenvalue weighted by molar-refractivity contribution is 14.1. The van der Waals surface area contributed by atoms with Crippen molar-refractivity contribution in [3.63, 3.8) is 0 Å². The lowest BCUT2D eigenvalue weighted by molar-refractivity contribution is 0.0617. The molecule has 0 radical (unpaired) electrons. The molecule has 0 N–H and O–H groups in total. The van der Waals surface area contributed by atoms with Crippen LogP contribution >= 0.6 is 22.9 Å². The van der Waals surface area contributed by atoms with E-state index in [0.717, 1.165) is 5.69 Å². The molecule has 0 aliphatic rings. The first-order valence-electron chi connectivity index (χ1n) is 4.64. The molecular weight excluding hydrogens is 305 g/mol. The van der Waals surface area contributed by atoms with E-state index in [0.29, 0.717) is 0 Å². The van der Waals surface area contributed by atoms with Gasteiger partial charge in [-0.3, -0.25) is 0 Å². The second kappa shape index (κ2) is 4.83. The van der Waals surface area contributed by atoms with Crippen LogP contribution in [0.3, 0.4) is 0 Å². The number of halogens is 1. The summed E-state index contributed by atoms with van der Waals surface area (Å²) >= 11 is 1.93. The first kappa shape index (κ1) is 12.3. The number of para-hydroxylation sites is 1. The third-order valence-corrected chi connectivity index (χ3v) is 2.49. The van der Waals surface area contributed by atoms with Crippen molar-refractivity contribution in [3.05, 3.63) is 30.3 Å². The minimum Gasteiger partial charge on any atom is -0.443 e. The zero-order valence-electron chi connectivity index (χ0n) is 9.03. The predicted octanol–water partition coefficient (Wildman–Crippen LogP) is 3.78. The highest BCUT2D eigenvalue weighted by atomic mass is 127. The molecule has 0 heterocycles. The normalized spacial score (nSPS) is 10.9. The first-order chi connectivity index (χ1) is 6.90. The summed E-state index contributed by atoms with van der Waals surface area (Å²) < 4.78 is 6.69. The molecule has 0 unspecified atom stereocenters. The summed E-state index contributed by atoms with van der Waals surface area (Å²) in [5.41, 5.74) is 0.349. The van der Waals surface area contributed by atoms with Gasteiger partial charge in [0.25, 0.3) is 0 Å². The molecule has 0 aliphatic heterocycles. The molecule has 0 fully saturated rings. The summed E-state index contributed by atoms with van der Waals surface area (Å²) in [5, 5.41) is 0. The zero-order chi connectivity index (χ0) is 11.5. The number of nitrogens with zero attached hydrogens (tertiary/aromatic N) is 1. The molecule has 0 atom stereocenters. The minimum atomic E-state index is -0.463. The molecule has 0 bridgehead atoms. The van der Waals surface area contributed by atoms with Crippen LogP contribution in [0.15, 0.2) is 30.3 Å². The molecule has 15 heavy (non-hydrogen) atoms. The highest BCUT2D eigenvalue weighted by Crippen LogP contribution is 2.21. The zero-order valence-corrected chi connectivity index (χ0v) is 11.2. The van der Waals surface area contributed by atoms with Crippen molar-refractivity contribution in [2.45, 2.75) is 26.4 Å². The van der Waals surface area contributed by atoms with Crippen LogP contribution in [0.25, 0.3) is 0 Å². The quantitative estimate of drug-likeness (QED) is 0.582. The van der Waals surface area contributed by atoms with Gasteiger partial charge in [0.1, 0.15) is 5.60 Å². The number of amides is 1. The van der Waals surface area contributed by atoms with Crippen molar-refractivity contribution < 1.29 is 9.53 Å². The van der Waals surface area contributed by atoms with Gasteiger partial charge in [-0.05, 0) is 32.9 Å². The van der Waals surface area contributed by atoms with Gasteiger partial charge in [0.05, 0.1) is 28.6 Å². The number of anilines is 1. The summed E-state index contributed by atoms with van der Waals surface area (Å²) in [5.74, 6) is 0. The average molecular weight is 319 g/mol. The van der Waals surface area contributed by atoms with Crippen molar-refractivity contribution >= 4 is 34.6 Å². The molecule has 0 aliphatic carbocycles. The molecule has 1 rings (SSSR count). The van der Waals surface area contributed by atoms with Gasteiger partial charge in [0.2, 0.25) is 0 Å². The Labute approximate surface area is 104 Å². The number of benzene rings is 1. The van der Waals surface area contributed by atoms with Gasteiger partial charge in [0.15, 0.2) is 0 Å². The second-order valence-corrected chi connectivity index (χ2v) is 5.06. The molecule has 1 amide bonds. The molecule has 0 spiro atoms. The van der Waals surface area contributed by atoms with Gasteiger partial charge in [-0.15, -0.1) is 0 Å². The lowest BCUT2D eigenvalue weighted by atomic mass is 10.2. The van der Waals surface area contributed by atoms with Gasteiger partial charge < -0.3 is 4.74 Å². The molecule has 4 heteroatoms. The summed E-state index contributed by atoms with van der Waals surface area (Å²) in [4.78, 5) is 11.7. The van der Waals surface area contributed by atoms with Crippen molar-refractivity contribution in [3.8, 4) is 0 Å². The third-order valence-electron chi connectivity index (χ3n) is 1.54. The largest absolute Gasteiger partial charge is 0.443 e. The number of hydrogen-bond acceptors (Lipinski definition) is 2. The molecule has 0 saturated heterocycles. The fraction of sp³-hybridized carbons (Fsp3) is 0.364. The van der Waals surface area contributed by atoms with E-state index in [4.69, 9.17) is 4.74 Å². The first-order valence-corrected chi connectivity index (χ1v) is 5.60. The minimum absolute atomic E-state index is 0.352. The van der Waals surface area contributed by atoms with E-state index in [1.807, 2.05) is 74.0 Å². The van der Waals surface area contributed by atoms with Gasteiger partial charge in [-0.25, -0.2) is 7.91 Å². The Balaban J connectivity index is 2.70. The number of ether oxygens (including phenoxy) is 1. The Hall–Kier alpha value is -0.780. The number of carbonyl (C=O) groups excluding carboxylic acids is 1. The van der Waals surface area contributed by atoms with E-state index in [1.54, 1.807) is 0 Å². The molecule has 1 aromatic carbocycles. The van der Waals surface area contributed by atoms with Crippen LogP contribution in [0, 0.1) is 0 Å². The van der Waals surface area contributed by atoms with E-state index in [2.05, 4.69) is 0 Å². The van der Waals surface area contributed by atoms with Crippen LogP contribution in [0.1, 0.15) is 20.8 Å². The Morgan fingerprint density at radius 3 is 2.27 bits per heavy atom. The number of hydrogen-bond donors (Lipinski definition) is 0. The fourth-order valence-corrected chi connectivity index (χ4v) is 1.39. The topological polar surface area (TPSA) is 29.5 Å². The molecule has 0 saturated carbocycles. The Morgan fingerprint density at radius 1 is 1.27 bits per heavy atom. The fourth-order valence-electron chi connectivity index (χ4n) is 0.966. The summed E-state index contributed by atoms with van der Waals surface area (Å²) in [6.45, 7) is 5.54. The summed E-state index contributed by atoms with van der Waals surface area (Å²) in [6, 6.07) is 9.38. The van der Waals surface area contributed by atoms with Crippen LogP contribution in [0.2, 0.25) is 0 Å². The molecule has 3 nitrogen and oxygen atoms in total. The van der Waals surface area contributed by atoms with Gasteiger partial charge in [-0.1, -0.05) is 18.2 Å². The maximum atomic E-state index is 11.7. The Morgan fingerprint density at radius 2 is 1.80 bits per heavy atom. The van der Waals surface area contributed by atoms with E-state index < -0.39 is 5.60 Å². The molecule has 1 aromatic rings. The highest BCUT2D eigenvalue weighted by Gasteiger charge is 2.21. The van der Waals surface area contributed by atoms with Crippen LogP contribution in [0.4, 0.5) is 10.5 Å². The standard InChI is InChI=1S/C11H14INO2/c1-11(2,3)15-10(14)13(12)9-7-5-4-6-8-9/h4-8H,1-3H3. The van der Waals surface area contributed by atoms with Crippen LogP contribution in [-0.2, 0) is 4.74 Å². The Bertz CT molecular complexity index is 332. The van der Waals surface area contributed by atoms with Gasteiger partial charge in [0, 0.05) is 0 Å².